The fourth-order valence-electron chi connectivity index (χ4n) is 2.04. The molecule has 0 aliphatic heterocycles. The molecular formula is C14H23NO. The van der Waals surface area contributed by atoms with E-state index in [0.717, 1.165) is 18.6 Å². The van der Waals surface area contributed by atoms with Crippen LogP contribution in [0.2, 0.25) is 0 Å². The summed E-state index contributed by atoms with van der Waals surface area (Å²) in [6, 6.07) is 6.48. The number of anilines is 1. The molecule has 0 aromatic heterocycles. The zero-order valence-electron chi connectivity index (χ0n) is 11.1. The van der Waals surface area contributed by atoms with Crippen LogP contribution in [-0.2, 0) is 0 Å². The molecule has 0 aliphatic rings. The van der Waals surface area contributed by atoms with Crippen LogP contribution in [0.25, 0.3) is 0 Å². The van der Waals surface area contributed by atoms with Gasteiger partial charge in [-0.1, -0.05) is 19.9 Å². The summed E-state index contributed by atoms with van der Waals surface area (Å²) < 4.78 is 5.49. The van der Waals surface area contributed by atoms with Crippen LogP contribution in [0.4, 0.5) is 5.69 Å². The molecule has 16 heavy (non-hydrogen) atoms. The SMILES string of the molecule is CCC(CC)c1ccc(N(C)C)cc1OC. The maximum Gasteiger partial charge on any atom is 0.124 e. The summed E-state index contributed by atoms with van der Waals surface area (Å²) >= 11 is 0. The minimum absolute atomic E-state index is 0.603. The van der Waals surface area contributed by atoms with Gasteiger partial charge in [0.05, 0.1) is 7.11 Å². The van der Waals surface area contributed by atoms with Gasteiger partial charge >= 0.3 is 0 Å². The summed E-state index contributed by atoms with van der Waals surface area (Å²) in [5.41, 5.74) is 2.52. The second-order valence-corrected chi connectivity index (χ2v) is 4.33. The van der Waals surface area contributed by atoms with Gasteiger partial charge in [0, 0.05) is 25.8 Å². The number of methoxy groups -OCH3 is 1. The molecule has 0 saturated carbocycles. The number of rotatable bonds is 5. The van der Waals surface area contributed by atoms with Gasteiger partial charge in [0.15, 0.2) is 0 Å². The number of benzene rings is 1. The fraction of sp³-hybridized carbons (Fsp3) is 0.571. The first kappa shape index (κ1) is 12.9. The highest BCUT2D eigenvalue weighted by Crippen LogP contribution is 2.33. The third-order valence-corrected chi connectivity index (χ3v) is 3.16. The summed E-state index contributed by atoms with van der Waals surface area (Å²) in [5.74, 6) is 1.62. The van der Waals surface area contributed by atoms with Crippen molar-refractivity contribution < 1.29 is 4.74 Å². The Morgan fingerprint density at radius 1 is 1.19 bits per heavy atom. The molecular weight excluding hydrogens is 198 g/mol. The van der Waals surface area contributed by atoms with Crippen molar-refractivity contribution in [3.05, 3.63) is 23.8 Å². The minimum atomic E-state index is 0.603. The van der Waals surface area contributed by atoms with Gasteiger partial charge in [-0.15, -0.1) is 0 Å². The molecule has 0 spiro atoms. The highest BCUT2D eigenvalue weighted by Gasteiger charge is 2.13. The first-order chi connectivity index (χ1) is 7.63. The van der Waals surface area contributed by atoms with E-state index in [-0.39, 0.29) is 0 Å². The van der Waals surface area contributed by atoms with Gasteiger partial charge < -0.3 is 9.64 Å². The standard InChI is InChI=1S/C14H23NO/c1-6-11(7-2)13-9-8-12(15(3)4)10-14(13)16-5/h8-11H,6-7H2,1-5H3. The quantitative estimate of drug-likeness (QED) is 0.752. The molecule has 0 aliphatic carbocycles. The maximum absolute atomic E-state index is 5.49. The number of hydrogen-bond acceptors (Lipinski definition) is 2. The molecule has 0 saturated heterocycles. The van der Waals surface area contributed by atoms with E-state index < -0.39 is 0 Å². The third kappa shape index (κ3) is 2.69. The van der Waals surface area contributed by atoms with Gasteiger partial charge in [-0.05, 0) is 30.4 Å². The van der Waals surface area contributed by atoms with E-state index in [1.807, 2.05) is 14.1 Å². The van der Waals surface area contributed by atoms with Crippen LogP contribution in [0.1, 0.15) is 38.2 Å². The van der Waals surface area contributed by atoms with Gasteiger partial charge in [-0.2, -0.15) is 0 Å². The molecule has 0 atom stereocenters. The van der Waals surface area contributed by atoms with Crippen molar-refractivity contribution in [3.8, 4) is 5.75 Å². The molecule has 90 valence electrons. The lowest BCUT2D eigenvalue weighted by atomic mass is 9.93. The molecule has 2 nitrogen and oxygen atoms in total. The van der Waals surface area contributed by atoms with Crippen LogP contribution >= 0.6 is 0 Å². The van der Waals surface area contributed by atoms with Crippen molar-refractivity contribution in [3.63, 3.8) is 0 Å². The minimum Gasteiger partial charge on any atom is -0.496 e. The third-order valence-electron chi connectivity index (χ3n) is 3.16. The van der Waals surface area contributed by atoms with Gasteiger partial charge in [0.1, 0.15) is 5.75 Å². The van der Waals surface area contributed by atoms with Crippen LogP contribution in [0.15, 0.2) is 18.2 Å². The molecule has 0 radical (unpaired) electrons. The molecule has 2 heteroatoms. The summed E-state index contributed by atoms with van der Waals surface area (Å²) in [5, 5.41) is 0. The molecule has 1 aromatic rings. The van der Waals surface area contributed by atoms with Crippen molar-refractivity contribution in [1.29, 1.82) is 0 Å². The van der Waals surface area contributed by atoms with Gasteiger partial charge in [-0.3, -0.25) is 0 Å². The van der Waals surface area contributed by atoms with Crippen LogP contribution in [0.3, 0.4) is 0 Å². The average Bonchev–Trinajstić information content (AvgIpc) is 2.30. The monoisotopic (exact) mass is 221 g/mol. The van der Waals surface area contributed by atoms with Crippen molar-refractivity contribution in [2.75, 3.05) is 26.1 Å². The number of ether oxygens (including phenoxy) is 1. The second kappa shape index (κ2) is 5.78. The summed E-state index contributed by atoms with van der Waals surface area (Å²) in [6.07, 6.45) is 2.32. The normalized spacial score (nSPS) is 10.6. The first-order valence-electron chi connectivity index (χ1n) is 5.99. The topological polar surface area (TPSA) is 12.5 Å². The number of nitrogens with zero attached hydrogens (tertiary/aromatic N) is 1. The maximum atomic E-state index is 5.49. The van der Waals surface area contributed by atoms with E-state index in [4.69, 9.17) is 4.74 Å². The predicted molar refractivity (Wildman–Crippen MR) is 70.6 cm³/mol. The Kier molecular flexibility index (Phi) is 4.66. The smallest absolute Gasteiger partial charge is 0.124 e. The van der Waals surface area contributed by atoms with Crippen molar-refractivity contribution in [1.82, 2.24) is 0 Å². The van der Waals surface area contributed by atoms with Crippen LogP contribution in [-0.4, -0.2) is 21.2 Å². The van der Waals surface area contributed by atoms with Crippen molar-refractivity contribution >= 4 is 5.69 Å². The summed E-state index contributed by atoms with van der Waals surface area (Å²) in [4.78, 5) is 2.10. The Morgan fingerprint density at radius 3 is 2.25 bits per heavy atom. The molecule has 0 amide bonds. The molecule has 0 bridgehead atoms. The van der Waals surface area contributed by atoms with E-state index in [1.165, 1.54) is 11.3 Å². The lowest BCUT2D eigenvalue weighted by molar-refractivity contribution is 0.403. The molecule has 0 N–H and O–H groups in total. The van der Waals surface area contributed by atoms with E-state index in [0.29, 0.717) is 5.92 Å². The first-order valence-corrected chi connectivity index (χ1v) is 5.99. The lowest BCUT2D eigenvalue weighted by Gasteiger charge is -2.20. The Hall–Kier alpha value is -1.18. The molecule has 0 heterocycles. The Labute approximate surface area is 99.2 Å². The second-order valence-electron chi connectivity index (χ2n) is 4.33. The van der Waals surface area contributed by atoms with E-state index in [2.05, 4.69) is 36.9 Å². The van der Waals surface area contributed by atoms with Crippen LogP contribution in [0, 0.1) is 0 Å². The van der Waals surface area contributed by atoms with E-state index in [1.54, 1.807) is 7.11 Å². The zero-order valence-corrected chi connectivity index (χ0v) is 11.1. The van der Waals surface area contributed by atoms with Gasteiger partial charge in [-0.25, -0.2) is 0 Å². The highest BCUT2D eigenvalue weighted by atomic mass is 16.5. The molecule has 0 unspecified atom stereocenters. The Morgan fingerprint density at radius 2 is 1.81 bits per heavy atom. The fourth-order valence-corrected chi connectivity index (χ4v) is 2.04. The van der Waals surface area contributed by atoms with Crippen LogP contribution in [0.5, 0.6) is 5.75 Å². The van der Waals surface area contributed by atoms with Crippen molar-refractivity contribution in [2.45, 2.75) is 32.6 Å². The van der Waals surface area contributed by atoms with Gasteiger partial charge in [0.25, 0.3) is 0 Å². The Bertz CT molecular complexity index is 330. The molecule has 1 aromatic carbocycles. The summed E-state index contributed by atoms with van der Waals surface area (Å²) in [6.45, 7) is 4.46. The van der Waals surface area contributed by atoms with E-state index >= 15 is 0 Å². The van der Waals surface area contributed by atoms with Crippen molar-refractivity contribution in [2.24, 2.45) is 0 Å². The number of hydrogen-bond donors (Lipinski definition) is 0. The van der Waals surface area contributed by atoms with E-state index in [9.17, 15) is 0 Å². The average molecular weight is 221 g/mol. The Balaban J connectivity index is 3.10. The predicted octanol–water partition coefficient (Wildman–Crippen LogP) is 3.66. The van der Waals surface area contributed by atoms with Gasteiger partial charge in [0.2, 0.25) is 0 Å². The molecule has 1 rings (SSSR count). The largest absolute Gasteiger partial charge is 0.496 e. The highest BCUT2D eigenvalue weighted by molar-refractivity contribution is 5.53. The summed E-state index contributed by atoms with van der Waals surface area (Å²) in [7, 11) is 5.85. The zero-order chi connectivity index (χ0) is 12.1. The lowest BCUT2D eigenvalue weighted by Crippen LogP contribution is -2.09. The molecule has 0 fully saturated rings. The van der Waals surface area contributed by atoms with Crippen LogP contribution < -0.4 is 9.64 Å².